The van der Waals surface area contributed by atoms with Gasteiger partial charge in [0.05, 0.1) is 13.3 Å². The zero-order chi connectivity index (χ0) is 15.4. The molecule has 0 atom stereocenters. The van der Waals surface area contributed by atoms with E-state index in [2.05, 4.69) is 20.4 Å². The highest BCUT2D eigenvalue weighted by Crippen LogP contribution is 2.19. The third-order valence-electron chi connectivity index (χ3n) is 2.98. The highest BCUT2D eigenvalue weighted by Gasteiger charge is 2.13. The normalized spacial score (nSPS) is 10.2. The molecular formula is C14H16N4O3. The van der Waals surface area contributed by atoms with Crippen LogP contribution >= 0.6 is 0 Å². The molecule has 0 aliphatic carbocycles. The van der Waals surface area contributed by atoms with Gasteiger partial charge >= 0.3 is 5.97 Å². The number of esters is 1. The molecule has 1 aromatic carbocycles. The number of nitrogens with zero attached hydrogens (tertiary/aromatic N) is 3. The van der Waals surface area contributed by atoms with Crippen LogP contribution in [-0.4, -0.2) is 34.0 Å². The first-order valence-corrected chi connectivity index (χ1v) is 6.35. The largest absolute Gasteiger partial charge is 0.464 e. The van der Waals surface area contributed by atoms with Crippen molar-refractivity contribution in [2.24, 2.45) is 0 Å². The lowest BCUT2D eigenvalue weighted by atomic mass is 10.1. The standard InChI is InChI=1S/C14H16N4O3/c1-9-5-4-6-10(2)13(9)15-12(19)8-18-7-11(16-17-18)14(20)21-3/h4-7H,8H2,1-3H3,(H,15,19). The molecule has 7 heteroatoms. The fourth-order valence-corrected chi connectivity index (χ4v) is 1.91. The van der Waals surface area contributed by atoms with Crippen LogP contribution in [0.2, 0.25) is 0 Å². The van der Waals surface area contributed by atoms with Crippen molar-refractivity contribution in [3.63, 3.8) is 0 Å². The van der Waals surface area contributed by atoms with Crippen LogP contribution in [0.15, 0.2) is 24.4 Å². The number of hydrogen-bond acceptors (Lipinski definition) is 5. The zero-order valence-corrected chi connectivity index (χ0v) is 12.1. The number of para-hydroxylation sites is 1. The molecule has 110 valence electrons. The summed E-state index contributed by atoms with van der Waals surface area (Å²) in [6.07, 6.45) is 1.37. The fourth-order valence-electron chi connectivity index (χ4n) is 1.91. The molecule has 0 aliphatic heterocycles. The minimum absolute atomic E-state index is 0.0300. The van der Waals surface area contributed by atoms with Gasteiger partial charge in [-0.25, -0.2) is 9.48 Å². The topological polar surface area (TPSA) is 86.1 Å². The van der Waals surface area contributed by atoms with Crippen molar-refractivity contribution in [3.05, 3.63) is 41.2 Å². The van der Waals surface area contributed by atoms with Gasteiger partial charge in [0.15, 0.2) is 5.69 Å². The molecule has 0 bridgehead atoms. The van der Waals surface area contributed by atoms with Crippen molar-refractivity contribution in [1.82, 2.24) is 15.0 Å². The van der Waals surface area contributed by atoms with Gasteiger partial charge in [-0.3, -0.25) is 4.79 Å². The minimum Gasteiger partial charge on any atom is -0.464 e. The predicted octanol–water partition coefficient (Wildman–Crippen LogP) is 1.32. The molecule has 1 N–H and O–H groups in total. The quantitative estimate of drug-likeness (QED) is 0.857. The Labute approximate surface area is 121 Å². The molecule has 2 rings (SSSR count). The number of rotatable bonds is 4. The van der Waals surface area contributed by atoms with Crippen LogP contribution in [0.1, 0.15) is 21.6 Å². The third-order valence-corrected chi connectivity index (χ3v) is 2.98. The molecular weight excluding hydrogens is 272 g/mol. The number of ether oxygens (including phenoxy) is 1. The SMILES string of the molecule is COC(=O)c1cn(CC(=O)Nc2c(C)cccc2C)nn1. The summed E-state index contributed by atoms with van der Waals surface area (Å²) in [5.74, 6) is -0.829. The lowest BCUT2D eigenvalue weighted by Gasteiger charge is -2.11. The van der Waals surface area contributed by atoms with Crippen LogP contribution in [-0.2, 0) is 16.1 Å². The average Bonchev–Trinajstić information content (AvgIpc) is 2.90. The van der Waals surface area contributed by atoms with E-state index in [0.717, 1.165) is 16.8 Å². The molecule has 1 amide bonds. The van der Waals surface area contributed by atoms with Gasteiger partial charge in [0.25, 0.3) is 0 Å². The molecule has 1 heterocycles. The van der Waals surface area contributed by atoms with E-state index in [1.807, 2.05) is 32.0 Å². The van der Waals surface area contributed by atoms with E-state index in [1.54, 1.807) is 0 Å². The Morgan fingerprint density at radius 3 is 2.57 bits per heavy atom. The van der Waals surface area contributed by atoms with Crippen molar-refractivity contribution >= 4 is 17.6 Å². The second kappa shape index (κ2) is 6.17. The van der Waals surface area contributed by atoms with Crippen LogP contribution in [0.4, 0.5) is 5.69 Å². The summed E-state index contributed by atoms with van der Waals surface area (Å²) in [6, 6.07) is 5.78. The molecule has 0 fully saturated rings. The summed E-state index contributed by atoms with van der Waals surface area (Å²) in [7, 11) is 1.26. The molecule has 0 radical (unpaired) electrons. The highest BCUT2D eigenvalue weighted by atomic mass is 16.5. The molecule has 0 saturated heterocycles. The Morgan fingerprint density at radius 1 is 1.29 bits per heavy atom. The highest BCUT2D eigenvalue weighted by molar-refractivity contribution is 5.92. The summed E-state index contributed by atoms with van der Waals surface area (Å²) in [4.78, 5) is 23.3. The lowest BCUT2D eigenvalue weighted by Crippen LogP contribution is -2.20. The van der Waals surface area contributed by atoms with Crippen LogP contribution in [0, 0.1) is 13.8 Å². The first-order chi connectivity index (χ1) is 10.0. The Morgan fingerprint density at radius 2 is 1.95 bits per heavy atom. The second-order valence-corrected chi connectivity index (χ2v) is 4.61. The number of amides is 1. The number of anilines is 1. The predicted molar refractivity (Wildman–Crippen MR) is 75.9 cm³/mol. The summed E-state index contributed by atoms with van der Waals surface area (Å²) in [5, 5.41) is 10.2. The number of carbonyl (C=O) groups is 2. The van der Waals surface area contributed by atoms with Gasteiger partial charge in [-0.05, 0) is 25.0 Å². The van der Waals surface area contributed by atoms with E-state index < -0.39 is 5.97 Å². The molecule has 0 unspecified atom stereocenters. The van der Waals surface area contributed by atoms with E-state index in [0.29, 0.717) is 0 Å². The summed E-state index contributed by atoms with van der Waals surface area (Å²) >= 11 is 0. The number of methoxy groups -OCH3 is 1. The van der Waals surface area contributed by atoms with Crippen molar-refractivity contribution in [1.29, 1.82) is 0 Å². The van der Waals surface area contributed by atoms with E-state index >= 15 is 0 Å². The Kier molecular flexibility index (Phi) is 4.32. The number of hydrogen-bond donors (Lipinski definition) is 1. The van der Waals surface area contributed by atoms with E-state index in [1.165, 1.54) is 18.0 Å². The lowest BCUT2D eigenvalue weighted by molar-refractivity contribution is -0.116. The van der Waals surface area contributed by atoms with Gasteiger partial charge in [-0.15, -0.1) is 5.10 Å². The number of carbonyl (C=O) groups excluding carboxylic acids is 2. The van der Waals surface area contributed by atoms with E-state index in [-0.39, 0.29) is 18.1 Å². The van der Waals surface area contributed by atoms with Crippen molar-refractivity contribution in [2.45, 2.75) is 20.4 Å². The fraction of sp³-hybridized carbons (Fsp3) is 0.286. The van der Waals surface area contributed by atoms with E-state index in [9.17, 15) is 9.59 Å². The maximum absolute atomic E-state index is 12.0. The van der Waals surface area contributed by atoms with Crippen molar-refractivity contribution < 1.29 is 14.3 Å². The smallest absolute Gasteiger partial charge is 0.360 e. The first kappa shape index (κ1) is 14.7. The van der Waals surface area contributed by atoms with Gasteiger partial charge in [0.2, 0.25) is 5.91 Å². The Hall–Kier alpha value is -2.70. The van der Waals surface area contributed by atoms with Crippen LogP contribution < -0.4 is 5.32 Å². The second-order valence-electron chi connectivity index (χ2n) is 4.61. The molecule has 0 spiro atoms. The Balaban J connectivity index is 2.05. The van der Waals surface area contributed by atoms with Crippen LogP contribution in [0.25, 0.3) is 0 Å². The van der Waals surface area contributed by atoms with Crippen LogP contribution in [0.3, 0.4) is 0 Å². The molecule has 1 aromatic heterocycles. The summed E-state index contributed by atoms with van der Waals surface area (Å²) in [5.41, 5.74) is 2.82. The van der Waals surface area contributed by atoms with Crippen molar-refractivity contribution in [3.8, 4) is 0 Å². The van der Waals surface area contributed by atoms with Gasteiger partial charge in [0.1, 0.15) is 6.54 Å². The average molecular weight is 288 g/mol. The number of benzene rings is 1. The van der Waals surface area contributed by atoms with Gasteiger partial charge in [-0.2, -0.15) is 0 Å². The maximum atomic E-state index is 12.0. The molecule has 2 aromatic rings. The van der Waals surface area contributed by atoms with Gasteiger partial charge in [-0.1, -0.05) is 23.4 Å². The van der Waals surface area contributed by atoms with Gasteiger partial charge in [0, 0.05) is 5.69 Å². The molecule has 21 heavy (non-hydrogen) atoms. The first-order valence-electron chi connectivity index (χ1n) is 6.35. The van der Waals surface area contributed by atoms with Gasteiger partial charge < -0.3 is 10.1 Å². The Bertz CT molecular complexity index is 658. The van der Waals surface area contributed by atoms with E-state index in [4.69, 9.17) is 0 Å². The summed E-state index contributed by atoms with van der Waals surface area (Å²) < 4.78 is 5.81. The minimum atomic E-state index is -0.587. The van der Waals surface area contributed by atoms with Crippen molar-refractivity contribution in [2.75, 3.05) is 12.4 Å². The molecule has 7 nitrogen and oxygen atoms in total. The van der Waals surface area contributed by atoms with Crippen LogP contribution in [0.5, 0.6) is 0 Å². The number of nitrogens with one attached hydrogen (secondary N) is 1. The zero-order valence-electron chi connectivity index (χ0n) is 12.1. The molecule has 0 saturated carbocycles. The summed E-state index contributed by atoms with van der Waals surface area (Å²) in [6.45, 7) is 3.82. The third kappa shape index (κ3) is 3.44. The number of aromatic nitrogens is 3. The molecule has 0 aliphatic rings. The monoisotopic (exact) mass is 288 g/mol. The maximum Gasteiger partial charge on any atom is 0.360 e. The number of aryl methyl sites for hydroxylation is 2.